The van der Waals surface area contributed by atoms with Crippen LogP contribution in [-0.4, -0.2) is 11.9 Å². The fraction of sp³-hybridized carbons (Fsp3) is 0.333. The van der Waals surface area contributed by atoms with Crippen molar-refractivity contribution in [1.29, 1.82) is 0 Å². The molecular weight excluding hydrogens is 331 g/mol. The van der Waals surface area contributed by atoms with Crippen LogP contribution in [0.2, 0.25) is 0 Å². The Bertz CT molecular complexity index is 240. The number of alkyl halides is 1. The third kappa shape index (κ3) is 3.87. The summed E-state index contributed by atoms with van der Waals surface area (Å²) >= 11 is 5.61. The van der Waals surface area contributed by atoms with Gasteiger partial charge in [0.15, 0.2) is 0 Å². The average Bonchev–Trinajstić information content (AvgIpc) is 2.05. The molecule has 1 aromatic carbocycles. The van der Waals surface area contributed by atoms with E-state index in [-0.39, 0.29) is 0 Å². The maximum absolute atomic E-state index is 5.37. The predicted octanol–water partition coefficient (Wildman–Crippen LogP) is 3.20. The van der Waals surface area contributed by atoms with E-state index >= 15 is 0 Å². The van der Waals surface area contributed by atoms with Crippen molar-refractivity contribution in [2.24, 2.45) is 0 Å². The molecule has 0 unspecified atom stereocenters. The minimum Gasteiger partial charge on any atom is -0.376 e. The quantitative estimate of drug-likeness (QED) is 0.464. The highest BCUT2D eigenvalue weighted by molar-refractivity contribution is 14.1. The van der Waals surface area contributed by atoms with Crippen molar-refractivity contribution in [2.45, 2.75) is 6.61 Å². The topological polar surface area (TPSA) is 9.23 Å². The molecule has 0 amide bonds. The first-order valence-corrected chi connectivity index (χ1v) is 5.91. The Morgan fingerprint density at radius 1 is 1.42 bits per heavy atom. The van der Waals surface area contributed by atoms with Crippen molar-refractivity contribution in [3.63, 3.8) is 0 Å². The first kappa shape index (κ1) is 10.5. The van der Waals surface area contributed by atoms with Crippen molar-refractivity contribution in [3.05, 3.63) is 33.4 Å². The molecule has 0 saturated heterocycles. The lowest BCUT2D eigenvalue weighted by molar-refractivity contribution is 0.137. The molecule has 0 aromatic heterocycles. The third-order valence-electron chi connectivity index (χ3n) is 1.38. The standard InChI is InChI=1S/C9H10BrIO/c10-4-5-12-7-8-2-1-3-9(11)6-8/h1-3,6H,4-5,7H2. The van der Waals surface area contributed by atoms with Crippen molar-refractivity contribution in [2.75, 3.05) is 11.9 Å². The van der Waals surface area contributed by atoms with Gasteiger partial charge in [-0.05, 0) is 40.3 Å². The molecule has 12 heavy (non-hydrogen) atoms. The van der Waals surface area contributed by atoms with Gasteiger partial charge in [0.1, 0.15) is 0 Å². The Morgan fingerprint density at radius 2 is 2.25 bits per heavy atom. The van der Waals surface area contributed by atoms with E-state index in [0.29, 0.717) is 6.61 Å². The largest absolute Gasteiger partial charge is 0.376 e. The third-order valence-corrected chi connectivity index (χ3v) is 2.37. The highest BCUT2D eigenvalue weighted by atomic mass is 127. The zero-order valence-electron chi connectivity index (χ0n) is 6.59. The number of rotatable bonds is 4. The zero-order chi connectivity index (χ0) is 8.81. The molecule has 66 valence electrons. The molecule has 0 spiro atoms. The Morgan fingerprint density at radius 3 is 2.92 bits per heavy atom. The SMILES string of the molecule is BrCCOCc1cccc(I)c1. The molecular formula is C9H10BrIO. The second kappa shape index (κ2) is 5.94. The van der Waals surface area contributed by atoms with Crippen molar-refractivity contribution in [1.82, 2.24) is 0 Å². The molecule has 0 N–H and O–H groups in total. The molecule has 0 aliphatic carbocycles. The number of ether oxygens (including phenoxy) is 1. The highest BCUT2D eigenvalue weighted by Crippen LogP contribution is 2.08. The first-order valence-electron chi connectivity index (χ1n) is 3.71. The van der Waals surface area contributed by atoms with Gasteiger partial charge in [0.25, 0.3) is 0 Å². The van der Waals surface area contributed by atoms with E-state index in [0.717, 1.165) is 11.9 Å². The summed E-state index contributed by atoms with van der Waals surface area (Å²) in [4.78, 5) is 0. The van der Waals surface area contributed by atoms with E-state index < -0.39 is 0 Å². The number of hydrogen-bond acceptors (Lipinski definition) is 1. The van der Waals surface area contributed by atoms with Crippen LogP contribution in [0.15, 0.2) is 24.3 Å². The minimum atomic E-state index is 0.711. The van der Waals surface area contributed by atoms with Gasteiger partial charge in [-0.1, -0.05) is 28.1 Å². The second-order valence-electron chi connectivity index (χ2n) is 2.37. The summed E-state index contributed by atoms with van der Waals surface area (Å²) in [5.41, 5.74) is 1.24. The lowest BCUT2D eigenvalue weighted by Crippen LogP contribution is -1.95. The maximum atomic E-state index is 5.37. The molecule has 0 aliphatic heterocycles. The summed E-state index contributed by atoms with van der Waals surface area (Å²) in [5.74, 6) is 0. The molecule has 0 saturated carbocycles. The van der Waals surface area contributed by atoms with E-state index in [2.05, 4.69) is 62.8 Å². The van der Waals surface area contributed by atoms with Crippen molar-refractivity contribution < 1.29 is 4.74 Å². The van der Waals surface area contributed by atoms with Crippen LogP contribution in [-0.2, 0) is 11.3 Å². The average molecular weight is 341 g/mol. The van der Waals surface area contributed by atoms with Crippen LogP contribution in [0.3, 0.4) is 0 Å². The van der Waals surface area contributed by atoms with Crippen LogP contribution in [0.1, 0.15) is 5.56 Å². The summed E-state index contributed by atoms with van der Waals surface area (Å²) < 4.78 is 6.63. The number of halogens is 2. The normalized spacial score (nSPS) is 10.2. The fourth-order valence-corrected chi connectivity index (χ4v) is 1.71. The van der Waals surface area contributed by atoms with E-state index in [1.165, 1.54) is 9.13 Å². The maximum Gasteiger partial charge on any atom is 0.0717 e. The van der Waals surface area contributed by atoms with Crippen LogP contribution >= 0.6 is 38.5 Å². The zero-order valence-corrected chi connectivity index (χ0v) is 10.3. The van der Waals surface area contributed by atoms with E-state index in [9.17, 15) is 0 Å². The van der Waals surface area contributed by atoms with Crippen molar-refractivity contribution >= 4 is 38.5 Å². The number of hydrogen-bond donors (Lipinski definition) is 0. The molecule has 1 nitrogen and oxygen atoms in total. The van der Waals surface area contributed by atoms with Gasteiger partial charge < -0.3 is 4.74 Å². The molecule has 1 rings (SSSR count). The van der Waals surface area contributed by atoms with Crippen LogP contribution in [0, 0.1) is 3.57 Å². The summed E-state index contributed by atoms with van der Waals surface area (Å²) in [6.45, 7) is 1.48. The van der Waals surface area contributed by atoms with Crippen LogP contribution in [0.25, 0.3) is 0 Å². The lowest BCUT2D eigenvalue weighted by Gasteiger charge is -2.01. The van der Waals surface area contributed by atoms with E-state index in [1.807, 2.05) is 0 Å². The van der Waals surface area contributed by atoms with Gasteiger partial charge in [-0.3, -0.25) is 0 Å². The summed E-state index contributed by atoms with van der Waals surface area (Å²) in [6, 6.07) is 8.34. The lowest BCUT2D eigenvalue weighted by atomic mass is 10.2. The fourth-order valence-electron chi connectivity index (χ4n) is 0.871. The molecule has 0 heterocycles. The minimum absolute atomic E-state index is 0.711. The van der Waals surface area contributed by atoms with Crippen LogP contribution in [0.5, 0.6) is 0 Å². The van der Waals surface area contributed by atoms with Crippen LogP contribution in [0.4, 0.5) is 0 Å². The smallest absolute Gasteiger partial charge is 0.0717 e. The van der Waals surface area contributed by atoms with Gasteiger partial charge in [-0.2, -0.15) is 0 Å². The van der Waals surface area contributed by atoms with Gasteiger partial charge in [-0.15, -0.1) is 0 Å². The van der Waals surface area contributed by atoms with E-state index in [1.54, 1.807) is 0 Å². The van der Waals surface area contributed by atoms with E-state index in [4.69, 9.17) is 4.74 Å². The molecule has 0 bridgehead atoms. The molecule has 0 fully saturated rings. The summed E-state index contributed by atoms with van der Waals surface area (Å²) in [6.07, 6.45) is 0. The van der Waals surface area contributed by atoms with Gasteiger partial charge in [0.05, 0.1) is 13.2 Å². The second-order valence-corrected chi connectivity index (χ2v) is 4.41. The monoisotopic (exact) mass is 340 g/mol. The van der Waals surface area contributed by atoms with Crippen molar-refractivity contribution in [3.8, 4) is 0 Å². The Kier molecular flexibility index (Phi) is 5.18. The Balaban J connectivity index is 2.41. The predicted molar refractivity (Wildman–Crippen MR) is 62.6 cm³/mol. The number of benzene rings is 1. The van der Waals surface area contributed by atoms with Gasteiger partial charge in [0.2, 0.25) is 0 Å². The Labute approximate surface area is 94.8 Å². The Hall–Kier alpha value is 0.390. The molecule has 3 heteroatoms. The summed E-state index contributed by atoms with van der Waals surface area (Å²) in [5, 5.41) is 0.900. The molecule has 1 aromatic rings. The summed E-state index contributed by atoms with van der Waals surface area (Å²) in [7, 11) is 0. The first-order chi connectivity index (χ1) is 5.83. The highest BCUT2D eigenvalue weighted by Gasteiger charge is 1.92. The molecule has 0 radical (unpaired) electrons. The van der Waals surface area contributed by atoms with Gasteiger partial charge >= 0.3 is 0 Å². The molecule has 0 aliphatic rings. The van der Waals surface area contributed by atoms with Gasteiger partial charge in [-0.25, -0.2) is 0 Å². The van der Waals surface area contributed by atoms with Crippen LogP contribution < -0.4 is 0 Å². The van der Waals surface area contributed by atoms with Gasteiger partial charge in [0, 0.05) is 8.90 Å². The molecule has 0 atom stereocenters.